The molecule has 3 aromatic carbocycles. The summed E-state index contributed by atoms with van der Waals surface area (Å²) < 4.78 is 0. The van der Waals surface area contributed by atoms with E-state index in [-0.39, 0.29) is 17.8 Å². The van der Waals surface area contributed by atoms with Gasteiger partial charge in [0.2, 0.25) is 0 Å². The average molecular weight is 669 g/mol. The number of carboxylic acids is 3. The summed E-state index contributed by atoms with van der Waals surface area (Å²) in [7, 11) is 0. The molecule has 0 radical (unpaired) electrons. The third-order valence-electron chi connectivity index (χ3n) is 10.7. The number of carboxylic acid groups (broad SMARTS) is 3. The monoisotopic (exact) mass is 668 g/mol. The second-order valence-corrected chi connectivity index (χ2v) is 14.3. The number of benzene rings is 3. The van der Waals surface area contributed by atoms with Crippen LogP contribution in [0.3, 0.4) is 0 Å². The molecule has 6 N–H and O–H groups in total. The van der Waals surface area contributed by atoms with E-state index in [1.54, 1.807) is 0 Å². The number of aliphatic carboxylic acids is 3. The number of nitrogens with one attached hydrogen (secondary N) is 3. The molecule has 0 saturated carbocycles. The van der Waals surface area contributed by atoms with Crippen LogP contribution in [0.25, 0.3) is 0 Å². The van der Waals surface area contributed by atoms with Crippen LogP contribution in [0.4, 0.5) is 0 Å². The minimum atomic E-state index is -0.754. The van der Waals surface area contributed by atoms with E-state index < -0.39 is 35.7 Å². The summed E-state index contributed by atoms with van der Waals surface area (Å²) in [5, 5.41) is 39.3. The topological polar surface area (TPSA) is 151 Å². The second kappa shape index (κ2) is 16.1. The van der Waals surface area contributed by atoms with Crippen LogP contribution in [0.1, 0.15) is 33.4 Å². The van der Waals surface area contributed by atoms with Crippen molar-refractivity contribution >= 4 is 17.9 Å². The molecule has 0 aliphatic carbocycles. The van der Waals surface area contributed by atoms with Crippen LogP contribution >= 0.6 is 0 Å². The van der Waals surface area contributed by atoms with E-state index in [0.29, 0.717) is 38.9 Å². The van der Waals surface area contributed by atoms with Gasteiger partial charge >= 0.3 is 17.9 Å². The van der Waals surface area contributed by atoms with Crippen molar-refractivity contribution in [3.8, 4) is 0 Å². The lowest BCUT2D eigenvalue weighted by molar-refractivity contribution is -0.145. The molecule has 3 aliphatic heterocycles. The van der Waals surface area contributed by atoms with Crippen LogP contribution < -0.4 is 16.0 Å². The molecule has 49 heavy (non-hydrogen) atoms. The number of nitrogens with zero attached hydrogens (tertiary/aromatic N) is 1. The largest absolute Gasteiger partial charge is 0.481 e. The molecule has 3 fully saturated rings. The maximum Gasteiger partial charge on any atom is 0.307 e. The lowest BCUT2D eigenvalue weighted by atomic mass is 9.83. The Bertz CT molecular complexity index is 1430. The molecule has 6 rings (SSSR count). The molecule has 0 unspecified atom stereocenters. The van der Waals surface area contributed by atoms with E-state index in [1.807, 2.05) is 36.4 Å². The van der Waals surface area contributed by atoms with Gasteiger partial charge in [-0.25, -0.2) is 0 Å². The predicted octanol–water partition coefficient (Wildman–Crippen LogP) is 3.28. The van der Waals surface area contributed by atoms with Crippen molar-refractivity contribution in [2.24, 2.45) is 35.5 Å². The fraction of sp³-hybridized carbons (Fsp3) is 0.462. The van der Waals surface area contributed by atoms with Crippen molar-refractivity contribution in [2.45, 2.75) is 38.9 Å². The lowest BCUT2D eigenvalue weighted by Crippen LogP contribution is -2.48. The van der Waals surface area contributed by atoms with Gasteiger partial charge < -0.3 is 31.3 Å². The van der Waals surface area contributed by atoms with Gasteiger partial charge in [-0.3, -0.25) is 19.3 Å². The maximum absolute atomic E-state index is 12.1. The minimum absolute atomic E-state index is 0.139. The highest BCUT2D eigenvalue weighted by Gasteiger charge is 2.34. The molecule has 10 heteroatoms. The number of hydrogen-bond donors (Lipinski definition) is 6. The Kier molecular flexibility index (Phi) is 11.4. The molecule has 0 amide bonds. The van der Waals surface area contributed by atoms with Crippen LogP contribution in [0.2, 0.25) is 0 Å². The summed E-state index contributed by atoms with van der Waals surface area (Å²) in [5.41, 5.74) is 6.30. The fourth-order valence-electron chi connectivity index (χ4n) is 7.42. The van der Waals surface area contributed by atoms with E-state index >= 15 is 0 Å². The van der Waals surface area contributed by atoms with Gasteiger partial charge in [0.05, 0.1) is 17.8 Å². The first-order valence-corrected chi connectivity index (χ1v) is 17.5. The summed E-state index contributed by atoms with van der Waals surface area (Å²) in [6.07, 6.45) is 1.46. The van der Waals surface area contributed by atoms with E-state index in [0.717, 1.165) is 72.6 Å². The SMILES string of the molecule is O=C(O)[C@@H](Cc1cccc(CN(Cc2cccc(C[C@H](C(=O)O)C3CNC3)c2)Cc2cccc(C[C@H](C(=O)O)C3CNC3)c2)c1)C1CNC1. The van der Waals surface area contributed by atoms with Crippen LogP contribution in [0, 0.1) is 35.5 Å². The van der Waals surface area contributed by atoms with Gasteiger partial charge in [-0.05, 0) is 70.4 Å². The van der Waals surface area contributed by atoms with Gasteiger partial charge in [-0.2, -0.15) is 0 Å². The summed E-state index contributed by atoms with van der Waals surface area (Å²) in [4.78, 5) is 38.6. The Morgan fingerprint density at radius 3 is 1.00 bits per heavy atom. The zero-order chi connectivity index (χ0) is 34.3. The Morgan fingerprint density at radius 1 is 0.510 bits per heavy atom. The third-order valence-corrected chi connectivity index (χ3v) is 10.7. The molecule has 3 heterocycles. The molecule has 3 saturated heterocycles. The molecule has 3 aliphatic rings. The minimum Gasteiger partial charge on any atom is -0.481 e. The quantitative estimate of drug-likeness (QED) is 0.119. The second-order valence-electron chi connectivity index (χ2n) is 14.3. The van der Waals surface area contributed by atoms with E-state index in [1.165, 1.54) is 0 Å². The van der Waals surface area contributed by atoms with Crippen molar-refractivity contribution in [1.29, 1.82) is 0 Å². The first kappa shape index (κ1) is 34.8. The van der Waals surface area contributed by atoms with Crippen molar-refractivity contribution in [2.75, 3.05) is 39.3 Å². The van der Waals surface area contributed by atoms with Gasteiger partial charge in [-0.15, -0.1) is 0 Å². The third kappa shape index (κ3) is 9.13. The molecule has 0 spiro atoms. The average Bonchev–Trinajstić information content (AvgIpc) is 2.98. The molecular weight excluding hydrogens is 620 g/mol. The van der Waals surface area contributed by atoms with Crippen molar-refractivity contribution < 1.29 is 29.7 Å². The van der Waals surface area contributed by atoms with E-state index in [4.69, 9.17) is 0 Å². The predicted molar refractivity (Wildman–Crippen MR) is 186 cm³/mol. The van der Waals surface area contributed by atoms with Crippen LogP contribution in [0.15, 0.2) is 72.8 Å². The van der Waals surface area contributed by atoms with Crippen LogP contribution in [-0.2, 0) is 53.3 Å². The molecule has 3 aromatic rings. The number of hydrogen-bond acceptors (Lipinski definition) is 7. The van der Waals surface area contributed by atoms with E-state index in [2.05, 4.69) is 57.2 Å². The Labute approximate surface area is 287 Å². The molecule has 0 aromatic heterocycles. The number of rotatable bonds is 18. The van der Waals surface area contributed by atoms with Crippen molar-refractivity contribution in [1.82, 2.24) is 20.9 Å². The Hall–Kier alpha value is -4.09. The highest BCUT2D eigenvalue weighted by molar-refractivity contribution is 5.72. The van der Waals surface area contributed by atoms with Crippen molar-refractivity contribution in [3.05, 3.63) is 106 Å². The highest BCUT2D eigenvalue weighted by atomic mass is 16.4. The van der Waals surface area contributed by atoms with Crippen LogP contribution in [-0.4, -0.2) is 77.4 Å². The van der Waals surface area contributed by atoms with Gasteiger partial charge in [0.25, 0.3) is 0 Å². The smallest absolute Gasteiger partial charge is 0.307 e. The van der Waals surface area contributed by atoms with Crippen LogP contribution in [0.5, 0.6) is 0 Å². The maximum atomic E-state index is 12.1. The summed E-state index contributed by atoms with van der Waals surface area (Å²) in [6, 6.07) is 24.7. The molecule has 260 valence electrons. The zero-order valence-electron chi connectivity index (χ0n) is 27.9. The first-order valence-electron chi connectivity index (χ1n) is 17.5. The summed E-state index contributed by atoms with van der Waals surface area (Å²) >= 11 is 0. The molecule has 10 nitrogen and oxygen atoms in total. The molecule has 0 bridgehead atoms. The summed E-state index contributed by atoms with van der Waals surface area (Å²) in [5.74, 6) is -3.11. The first-order chi connectivity index (χ1) is 23.7. The molecule has 3 atom stereocenters. The Balaban J connectivity index is 1.21. The molecular formula is C39H48N4O6. The van der Waals surface area contributed by atoms with Gasteiger partial charge in [-0.1, -0.05) is 72.8 Å². The fourth-order valence-corrected chi connectivity index (χ4v) is 7.42. The zero-order valence-corrected chi connectivity index (χ0v) is 27.9. The van der Waals surface area contributed by atoms with Gasteiger partial charge in [0.15, 0.2) is 0 Å². The standard InChI is InChI=1S/C39H48N4O6/c44-37(45)34(31-16-40-17-31)13-25-4-1-7-28(10-25)22-43(23-29-8-2-5-26(11-29)14-35(38(46)47)32-18-41-19-32)24-30-9-3-6-27(12-30)15-36(39(48)49)33-20-42-21-33/h1-12,31-36,40-42H,13-24H2,(H,44,45)(H,46,47)(H,48,49)/t34-,35-,36-/m0/s1. The highest BCUT2D eigenvalue weighted by Crippen LogP contribution is 2.26. The van der Waals surface area contributed by atoms with Gasteiger partial charge in [0, 0.05) is 58.9 Å². The normalized spacial score (nSPS) is 18.6. The summed E-state index contributed by atoms with van der Waals surface area (Å²) in [6.45, 7) is 6.29. The van der Waals surface area contributed by atoms with Crippen molar-refractivity contribution in [3.63, 3.8) is 0 Å². The Morgan fingerprint density at radius 2 is 0.776 bits per heavy atom. The van der Waals surface area contributed by atoms with E-state index in [9.17, 15) is 29.7 Å². The number of carbonyl (C=O) groups is 3. The van der Waals surface area contributed by atoms with Gasteiger partial charge in [0.1, 0.15) is 0 Å². The lowest BCUT2D eigenvalue weighted by Gasteiger charge is -2.32.